The molecular formula is C20H27F2N3O4. The van der Waals surface area contributed by atoms with E-state index in [9.17, 15) is 23.5 Å². The van der Waals surface area contributed by atoms with E-state index in [1.165, 1.54) is 4.90 Å². The van der Waals surface area contributed by atoms with E-state index in [1.54, 1.807) is 7.11 Å². The molecule has 0 spiro atoms. The van der Waals surface area contributed by atoms with E-state index in [1.807, 2.05) is 4.90 Å². The van der Waals surface area contributed by atoms with Gasteiger partial charge in [0.05, 0.1) is 24.3 Å². The summed E-state index contributed by atoms with van der Waals surface area (Å²) in [5.41, 5.74) is -0.268. The van der Waals surface area contributed by atoms with E-state index in [2.05, 4.69) is 5.32 Å². The number of carbonyl (C=O) groups is 2. The van der Waals surface area contributed by atoms with E-state index in [0.29, 0.717) is 52.0 Å². The summed E-state index contributed by atoms with van der Waals surface area (Å²) < 4.78 is 32.2. The van der Waals surface area contributed by atoms with Gasteiger partial charge in [0.1, 0.15) is 11.6 Å². The lowest BCUT2D eigenvalue weighted by Gasteiger charge is -2.38. The molecule has 2 atom stereocenters. The van der Waals surface area contributed by atoms with Crippen LogP contribution in [0.15, 0.2) is 18.2 Å². The van der Waals surface area contributed by atoms with E-state index >= 15 is 0 Å². The lowest BCUT2D eigenvalue weighted by molar-refractivity contribution is -0.126. The van der Waals surface area contributed by atoms with Gasteiger partial charge < -0.3 is 20.1 Å². The highest BCUT2D eigenvalue weighted by molar-refractivity contribution is 5.94. The molecule has 0 bridgehead atoms. The number of nitrogens with one attached hydrogen (secondary N) is 1. The summed E-state index contributed by atoms with van der Waals surface area (Å²) in [6.45, 7) is 1.98. The molecule has 29 heavy (non-hydrogen) atoms. The van der Waals surface area contributed by atoms with Gasteiger partial charge in [-0.2, -0.15) is 0 Å². The van der Waals surface area contributed by atoms with Crippen molar-refractivity contribution in [3.63, 3.8) is 0 Å². The average Bonchev–Trinajstić information content (AvgIpc) is 3.11. The van der Waals surface area contributed by atoms with Crippen molar-refractivity contribution in [2.24, 2.45) is 0 Å². The zero-order valence-corrected chi connectivity index (χ0v) is 16.4. The van der Waals surface area contributed by atoms with Gasteiger partial charge in [-0.15, -0.1) is 0 Å². The Morgan fingerprint density at radius 3 is 2.69 bits per heavy atom. The topological polar surface area (TPSA) is 82.1 Å². The maximum atomic E-state index is 13.9. The second kappa shape index (κ2) is 9.60. The van der Waals surface area contributed by atoms with Gasteiger partial charge in [0.2, 0.25) is 5.91 Å². The van der Waals surface area contributed by atoms with Crippen LogP contribution in [0.25, 0.3) is 0 Å². The minimum absolute atomic E-state index is 0.0340. The number of piperidine rings is 1. The second-order valence-electron chi connectivity index (χ2n) is 7.53. The molecule has 2 aliphatic heterocycles. The first kappa shape index (κ1) is 21.6. The number of carbonyl (C=O) groups excluding carboxylic acids is 2. The molecule has 0 radical (unpaired) electrons. The Morgan fingerprint density at radius 2 is 2.00 bits per heavy atom. The van der Waals surface area contributed by atoms with Crippen molar-refractivity contribution in [3.8, 4) is 0 Å². The van der Waals surface area contributed by atoms with Crippen LogP contribution in [0.2, 0.25) is 0 Å². The number of ether oxygens (including phenoxy) is 1. The Bertz CT molecular complexity index is 740. The summed E-state index contributed by atoms with van der Waals surface area (Å²) >= 11 is 0. The molecule has 2 fully saturated rings. The first-order chi connectivity index (χ1) is 13.9. The second-order valence-corrected chi connectivity index (χ2v) is 7.53. The van der Waals surface area contributed by atoms with Gasteiger partial charge in [0, 0.05) is 39.3 Å². The summed E-state index contributed by atoms with van der Waals surface area (Å²) in [5, 5.41) is 12.9. The third kappa shape index (κ3) is 5.09. The van der Waals surface area contributed by atoms with Crippen molar-refractivity contribution in [2.75, 3.05) is 39.9 Å². The summed E-state index contributed by atoms with van der Waals surface area (Å²) in [7, 11) is 1.56. The average molecular weight is 411 g/mol. The van der Waals surface area contributed by atoms with Crippen molar-refractivity contribution >= 4 is 11.8 Å². The standard InChI is InChI=1S/C20H27F2N3O4/c1-29-9-6-23-19(27)18-11-15(26)12-25(18)14-4-7-24(8-5-14)20(28)16-10-13(21)2-3-17(16)22/h2-3,10,14-15,18,26H,4-9,11-12H2,1H3,(H,23,27)/t15-,18+/m1/s1. The third-order valence-corrected chi connectivity index (χ3v) is 5.60. The number of likely N-dealkylation sites (tertiary alicyclic amines) is 2. The van der Waals surface area contributed by atoms with Crippen molar-refractivity contribution in [2.45, 2.75) is 37.5 Å². The molecule has 9 heteroatoms. The summed E-state index contributed by atoms with van der Waals surface area (Å²) in [6.07, 6.45) is 0.982. The Hall–Kier alpha value is -2.10. The Balaban J connectivity index is 1.59. The van der Waals surface area contributed by atoms with Crippen molar-refractivity contribution in [1.29, 1.82) is 0 Å². The number of hydrogen-bond donors (Lipinski definition) is 2. The van der Waals surface area contributed by atoms with Crippen molar-refractivity contribution < 1.29 is 28.2 Å². The Labute approximate surface area is 168 Å². The highest BCUT2D eigenvalue weighted by Gasteiger charge is 2.41. The number of nitrogens with zero attached hydrogens (tertiary/aromatic N) is 2. The molecule has 0 aromatic heterocycles. The molecule has 2 N–H and O–H groups in total. The molecule has 0 saturated carbocycles. The molecule has 7 nitrogen and oxygen atoms in total. The zero-order chi connectivity index (χ0) is 21.0. The molecule has 0 unspecified atom stereocenters. The maximum Gasteiger partial charge on any atom is 0.256 e. The van der Waals surface area contributed by atoms with E-state index in [-0.39, 0.29) is 17.5 Å². The predicted molar refractivity (Wildman–Crippen MR) is 101 cm³/mol. The van der Waals surface area contributed by atoms with Gasteiger partial charge in [-0.1, -0.05) is 0 Å². The number of hydrogen-bond acceptors (Lipinski definition) is 5. The fraction of sp³-hybridized carbons (Fsp3) is 0.600. The van der Waals surface area contributed by atoms with Crippen molar-refractivity contribution in [3.05, 3.63) is 35.4 Å². The maximum absolute atomic E-state index is 13.9. The molecule has 1 aromatic carbocycles. The van der Waals surface area contributed by atoms with E-state index in [4.69, 9.17) is 4.74 Å². The largest absolute Gasteiger partial charge is 0.392 e. The number of aliphatic hydroxyl groups is 1. The number of benzene rings is 1. The number of methoxy groups -OCH3 is 1. The van der Waals surface area contributed by atoms with Crippen LogP contribution >= 0.6 is 0 Å². The van der Waals surface area contributed by atoms with Gasteiger partial charge in [0.25, 0.3) is 5.91 Å². The van der Waals surface area contributed by atoms with Gasteiger partial charge in [0.15, 0.2) is 0 Å². The third-order valence-electron chi connectivity index (χ3n) is 5.60. The highest BCUT2D eigenvalue weighted by Crippen LogP contribution is 2.27. The monoisotopic (exact) mass is 411 g/mol. The summed E-state index contributed by atoms with van der Waals surface area (Å²) in [4.78, 5) is 28.6. The lowest BCUT2D eigenvalue weighted by Crippen LogP contribution is -2.52. The van der Waals surface area contributed by atoms with Gasteiger partial charge >= 0.3 is 0 Å². The van der Waals surface area contributed by atoms with Crippen LogP contribution in [-0.4, -0.2) is 84.8 Å². The number of amides is 2. The van der Waals surface area contributed by atoms with Crippen LogP contribution in [0.1, 0.15) is 29.6 Å². The molecular weight excluding hydrogens is 384 g/mol. The molecule has 160 valence electrons. The van der Waals surface area contributed by atoms with Gasteiger partial charge in [-0.05, 0) is 37.5 Å². The Kier molecular flexibility index (Phi) is 7.15. The summed E-state index contributed by atoms with van der Waals surface area (Å²) in [5.74, 6) is -2.07. The fourth-order valence-corrected chi connectivity index (χ4v) is 4.13. The van der Waals surface area contributed by atoms with Crippen LogP contribution in [-0.2, 0) is 9.53 Å². The molecule has 0 aliphatic carbocycles. The normalized spacial score (nSPS) is 23.4. The highest BCUT2D eigenvalue weighted by atomic mass is 19.1. The van der Waals surface area contributed by atoms with Gasteiger partial charge in [-0.3, -0.25) is 14.5 Å². The SMILES string of the molecule is COCCNC(=O)[C@@H]1C[C@@H](O)CN1C1CCN(C(=O)c2cc(F)ccc2F)CC1. The molecule has 2 amide bonds. The number of halogens is 2. The van der Waals surface area contributed by atoms with E-state index < -0.39 is 29.7 Å². The predicted octanol–water partition coefficient (Wildman–Crippen LogP) is 0.767. The molecule has 2 saturated heterocycles. The van der Waals surface area contributed by atoms with Crippen LogP contribution < -0.4 is 5.32 Å². The number of β-amino-alcohol motifs (C(OH)–C–C–N with tert-alkyl or cyclic N) is 1. The van der Waals surface area contributed by atoms with E-state index in [0.717, 1.165) is 18.2 Å². The number of aliphatic hydroxyl groups excluding tert-OH is 1. The number of rotatable bonds is 6. The first-order valence-electron chi connectivity index (χ1n) is 9.85. The minimum Gasteiger partial charge on any atom is -0.392 e. The minimum atomic E-state index is -0.742. The molecule has 3 rings (SSSR count). The van der Waals surface area contributed by atoms with Crippen LogP contribution in [0.5, 0.6) is 0 Å². The zero-order valence-electron chi connectivity index (χ0n) is 16.4. The smallest absolute Gasteiger partial charge is 0.256 e. The quantitative estimate of drug-likeness (QED) is 0.676. The fourth-order valence-electron chi connectivity index (χ4n) is 4.13. The Morgan fingerprint density at radius 1 is 1.28 bits per heavy atom. The van der Waals surface area contributed by atoms with Crippen molar-refractivity contribution in [1.82, 2.24) is 15.1 Å². The summed E-state index contributed by atoms with van der Waals surface area (Å²) in [6, 6.07) is 2.46. The van der Waals surface area contributed by atoms with Crippen LogP contribution in [0.3, 0.4) is 0 Å². The first-order valence-corrected chi connectivity index (χ1v) is 9.85. The van der Waals surface area contributed by atoms with Gasteiger partial charge in [-0.25, -0.2) is 8.78 Å². The molecule has 2 heterocycles. The van der Waals surface area contributed by atoms with Crippen LogP contribution in [0, 0.1) is 11.6 Å². The van der Waals surface area contributed by atoms with Crippen LogP contribution in [0.4, 0.5) is 8.78 Å². The lowest BCUT2D eigenvalue weighted by atomic mass is 10.0. The molecule has 1 aromatic rings. The molecule has 2 aliphatic rings.